The molecule has 1 aromatic heterocycles. The number of para-hydroxylation sites is 1. The molecule has 3 aromatic rings. The topological polar surface area (TPSA) is 146 Å². The van der Waals surface area contributed by atoms with Crippen LogP contribution < -0.4 is 21.5 Å². The number of hydrogen-bond donors (Lipinski definition) is 3. The summed E-state index contributed by atoms with van der Waals surface area (Å²) in [6, 6.07) is 14.4. The molecule has 4 rings (SSSR count). The van der Waals surface area contributed by atoms with Gasteiger partial charge in [-0.1, -0.05) is 36.4 Å². The van der Waals surface area contributed by atoms with Gasteiger partial charge in [0.25, 0.3) is 11.8 Å². The first-order chi connectivity index (χ1) is 18.2. The zero-order chi connectivity index (χ0) is 27.4. The van der Waals surface area contributed by atoms with Crippen molar-refractivity contribution in [3.05, 3.63) is 65.2 Å². The smallest absolute Gasteiger partial charge is 0.255 e. The monoisotopic (exact) mass is 518 g/mol. The van der Waals surface area contributed by atoms with E-state index < -0.39 is 5.91 Å². The third-order valence-corrected chi connectivity index (χ3v) is 7.06. The van der Waals surface area contributed by atoms with Gasteiger partial charge >= 0.3 is 0 Å². The van der Waals surface area contributed by atoms with Crippen LogP contribution in [0, 0.1) is 5.92 Å². The molecule has 5 N–H and O–H groups in total. The van der Waals surface area contributed by atoms with Crippen LogP contribution in [0.1, 0.15) is 58.0 Å². The van der Waals surface area contributed by atoms with Gasteiger partial charge in [-0.05, 0) is 43.4 Å². The minimum atomic E-state index is -0.645. The number of nitrogens with two attached hydrogens (primary N) is 2. The fraction of sp³-hybridized carbons (Fsp3) is 0.357. The molecule has 0 bridgehead atoms. The van der Waals surface area contributed by atoms with Gasteiger partial charge in [-0.15, -0.1) is 0 Å². The summed E-state index contributed by atoms with van der Waals surface area (Å²) in [7, 11) is 5.06. The SMILES string of the molecule is COc1ccccc1C(=O)NCc1ccc(-c2nn(C3CCC(C(=O)N(C)C)CC3)c(N)c2C(N)=O)cc1. The van der Waals surface area contributed by atoms with Crippen LogP contribution in [-0.2, 0) is 11.3 Å². The number of amides is 3. The Morgan fingerprint density at radius 2 is 1.71 bits per heavy atom. The van der Waals surface area contributed by atoms with Crippen molar-refractivity contribution in [3.63, 3.8) is 0 Å². The quantitative estimate of drug-likeness (QED) is 0.418. The van der Waals surface area contributed by atoms with Crippen molar-refractivity contribution in [3.8, 4) is 17.0 Å². The van der Waals surface area contributed by atoms with Gasteiger partial charge in [-0.3, -0.25) is 14.4 Å². The minimum absolute atomic E-state index is 0.0101. The van der Waals surface area contributed by atoms with Gasteiger partial charge in [-0.25, -0.2) is 4.68 Å². The van der Waals surface area contributed by atoms with Crippen LogP contribution in [0.15, 0.2) is 48.5 Å². The van der Waals surface area contributed by atoms with Crippen LogP contribution in [0.25, 0.3) is 11.3 Å². The number of aromatic nitrogens is 2. The van der Waals surface area contributed by atoms with Crippen molar-refractivity contribution in [1.29, 1.82) is 0 Å². The van der Waals surface area contributed by atoms with Gasteiger partial charge < -0.3 is 26.4 Å². The maximum Gasteiger partial charge on any atom is 0.255 e. The fourth-order valence-electron chi connectivity index (χ4n) is 4.99. The highest BCUT2D eigenvalue weighted by Crippen LogP contribution is 2.37. The molecule has 1 aliphatic carbocycles. The number of carbonyl (C=O) groups excluding carboxylic acids is 3. The summed E-state index contributed by atoms with van der Waals surface area (Å²) in [6.45, 7) is 0.311. The molecule has 0 unspecified atom stereocenters. The van der Waals surface area contributed by atoms with E-state index in [0.29, 0.717) is 29.1 Å². The molecule has 1 fully saturated rings. The highest BCUT2D eigenvalue weighted by Gasteiger charge is 2.31. The number of nitrogens with zero attached hydrogens (tertiary/aromatic N) is 3. The van der Waals surface area contributed by atoms with E-state index in [1.54, 1.807) is 47.9 Å². The first-order valence-corrected chi connectivity index (χ1v) is 12.6. The second-order valence-electron chi connectivity index (χ2n) is 9.74. The fourth-order valence-corrected chi connectivity index (χ4v) is 4.99. The molecule has 1 saturated carbocycles. The van der Waals surface area contributed by atoms with E-state index in [1.807, 2.05) is 24.3 Å². The average molecular weight is 519 g/mol. The number of hydrogen-bond acceptors (Lipinski definition) is 6. The predicted molar refractivity (Wildman–Crippen MR) is 144 cm³/mol. The zero-order valence-electron chi connectivity index (χ0n) is 21.9. The van der Waals surface area contributed by atoms with Crippen molar-refractivity contribution in [2.45, 2.75) is 38.3 Å². The van der Waals surface area contributed by atoms with Crippen LogP contribution in [0.3, 0.4) is 0 Å². The van der Waals surface area contributed by atoms with E-state index in [0.717, 1.165) is 31.2 Å². The van der Waals surface area contributed by atoms with Crippen LogP contribution in [0.4, 0.5) is 5.82 Å². The molecular weight excluding hydrogens is 484 g/mol. The van der Waals surface area contributed by atoms with E-state index in [2.05, 4.69) is 5.32 Å². The summed E-state index contributed by atoms with van der Waals surface area (Å²) >= 11 is 0. The lowest BCUT2D eigenvalue weighted by molar-refractivity contribution is -0.134. The number of nitrogen functional groups attached to an aromatic ring is 1. The Morgan fingerprint density at radius 1 is 1.05 bits per heavy atom. The van der Waals surface area contributed by atoms with Crippen LogP contribution in [0.5, 0.6) is 5.75 Å². The van der Waals surface area contributed by atoms with Crippen molar-refractivity contribution < 1.29 is 19.1 Å². The second-order valence-corrected chi connectivity index (χ2v) is 9.74. The summed E-state index contributed by atoms with van der Waals surface area (Å²) in [6.07, 6.45) is 2.94. The predicted octanol–water partition coefficient (Wildman–Crippen LogP) is 2.99. The Morgan fingerprint density at radius 3 is 2.32 bits per heavy atom. The minimum Gasteiger partial charge on any atom is -0.496 e. The van der Waals surface area contributed by atoms with Gasteiger partial charge in [0.05, 0.1) is 18.7 Å². The highest BCUT2D eigenvalue weighted by atomic mass is 16.5. The van der Waals surface area contributed by atoms with Crippen LogP contribution in [0.2, 0.25) is 0 Å². The van der Waals surface area contributed by atoms with Crippen molar-refractivity contribution >= 4 is 23.5 Å². The van der Waals surface area contributed by atoms with E-state index in [9.17, 15) is 14.4 Å². The molecule has 3 amide bonds. The molecule has 10 heteroatoms. The summed E-state index contributed by atoms with van der Waals surface area (Å²) in [5, 5.41) is 7.60. The van der Waals surface area contributed by atoms with Crippen molar-refractivity contribution in [2.24, 2.45) is 11.7 Å². The number of rotatable bonds is 8. The Bertz CT molecular complexity index is 1320. The molecule has 0 radical (unpaired) electrons. The van der Waals surface area contributed by atoms with Gasteiger partial charge in [-0.2, -0.15) is 5.10 Å². The Balaban J connectivity index is 1.49. The Hall–Kier alpha value is -4.34. The van der Waals surface area contributed by atoms with Crippen LogP contribution >= 0.6 is 0 Å². The number of carbonyl (C=O) groups is 3. The largest absolute Gasteiger partial charge is 0.496 e. The van der Waals surface area contributed by atoms with Crippen LogP contribution in [-0.4, -0.2) is 53.6 Å². The molecule has 2 aromatic carbocycles. The molecule has 0 atom stereocenters. The molecule has 10 nitrogen and oxygen atoms in total. The van der Waals surface area contributed by atoms with Gasteiger partial charge in [0.15, 0.2) is 0 Å². The molecule has 38 heavy (non-hydrogen) atoms. The van der Waals surface area contributed by atoms with E-state index in [4.69, 9.17) is 21.3 Å². The molecule has 0 spiro atoms. The maximum atomic E-state index is 12.6. The Kier molecular flexibility index (Phi) is 7.99. The molecule has 1 heterocycles. The Labute approximate surface area is 221 Å². The number of nitrogens with one attached hydrogen (secondary N) is 1. The lowest BCUT2D eigenvalue weighted by Crippen LogP contribution is -2.33. The summed E-state index contributed by atoms with van der Waals surface area (Å²) in [4.78, 5) is 38.9. The lowest BCUT2D eigenvalue weighted by atomic mass is 9.85. The lowest BCUT2D eigenvalue weighted by Gasteiger charge is -2.30. The number of primary amides is 1. The van der Waals surface area contributed by atoms with E-state index >= 15 is 0 Å². The standard InChI is InChI=1S/C28H34N6O4/c1-33(2)28(37)19-12-14-20(15-13-19)34-25(29)23(26(30)35)24(32-34)18-10-8-17(9-11-18)16-31-27(36)21-6-4-5-7-22(21)38-3/h4-11,19-20H,12-16,29H2,1-3H3,(H2,30,35)(H,31,36). The number of methoxy groups -OCH3 is 1. The van der Waals surface area contributed by atoms with Gasteiger partial charge in [0.2, 0.25) is 5.91 Å². The van der Waals surface area contributed by atoms with Crippen molar-refractivity contribution in [2.75, 3.05) is 26.9 Å². The zero-order valence-corrected chi connectivity index (χ0v) is 21.9. The summed E-state index contributed by atoms with van der Waals surface area (Å²) < 4.78 is 6.95. The normalized spacial score (nSPS) is 17.0. The molecule has 1 aliphatic rings. The molecule has 200 valence electrons. The van der Waals surface area contributed by atoms with Gasteiger partial charge in [0.1, 0.15) is 22.8 Å². The first-order valence-electron chi connectivity index (χ1n) is 12.6. The molecule has 0 saturated heterocycles. The third kappa shape index (κ3) is 5.49. The second kappa shape index (κ2) is 11.4. The average Bonchev–Trinajstić information content (AvgIpc) is 3.28. The molecule has 0 aliphatic heterocycles. The summed E-state index contributed by atoms with van der Waals surface area (Å²) in [5.41, 5.74) is 14.7. The van der Waals surface area contributed by atoms with E-state index in [1.165, 1.54) is 7.11 Å². The van der Waals surface area contributed by atoms with Gasteiger partial charge in [0, 0.05) is 32.1 Å². The number of anilines is 1. The highest BCUT2D eigenvalue weighted by molar-refractivity contribution is 6.03. The first kappa shape index (κ1) is 26.7. The molecular formula is C28H34N6O4. The van der Waals surface area contributed by atoms with Crippen molar-refractivity contribution in [1.82, 2.24) is 20.0 Å². The number of ether oxygens (including phenoxy) is 1. The van der Waals surface area contributed by atoms with E-state index in [-0.39, 0.29) is 35.2 Å². The number of benzene rings is 2. The third-order valence-electron chi connectivity index (χ3n) is 7.06. The summed E-state index contributed by atoms with van der Waals surface area (Å²) in [5.74, 6) is -0.0172. The maximum absolute atomic E-state index is 12.6.